The van der Waals surface area contributed by atoms with Crippen molar-refractivity contribution in [2.24, 2.45) is 0 Å². The Bertz CT molecular complexity index is 2350. The van der Waals surface area contributed by atoms with E-state index in [0.29, 0.717) is 82.5 Å². The van der Waals surface area contributed by atoms with Crippen molar-refractivity contribution in [3.63, 3.8) is 0 Å². The van der Waals surface area contributed by atoms with E-state index < -0.39 is 40.6 Å². The fourth-order valence-electron chi connectivity index (χ4n) is 9.35. The summed E-state index contributed by atoms with van der Waals surface area (Å²) in [6, 6.07) is 23.0. The summed E-state index contributed by atoms with van der Waals surface area (Å²) in [6.45, 7) is 2.13. The number of fused-ring (bicyclic) bond motifs is 2. The Morgan fingerprint density at radius 3 is 2.18 bits per heavy atom. The lowest BCUT2D eigenvalue weighted by Gasteiger charge is -2.46. The molecule has 3 aliphatic rings. The monoisotopic (exact) mass is 961 g/mol. The van der Waals surface area contributed by atoms with Crippen LogP contribution in [0.5, 0.6) is 0 Å². The number of benzene rings is 4. The molecule has 18 heteroatoms. The van der Waals surface area contributed by atoms with Crippen LogP contribution in [0.15, 0.2) is 91.0 Å². The number of nitrogens with one attached hydrogen (secondary N) is 1. The first-order valence-electron chi connectivity index (χ1n) is 21.7. The lowest BCUT2D eigenvalue weighted by atomic mass is 9.72. The molecule has 2 saturated heterocycles. The van der Waals surface area contributed by atoms with Crippen LogP contribution >= 0.6 is 23.2 Å². The van der Waals surface area contributed by atoms with Gasteiger partial charge in [-0.15, -0.1) is 0 Å². The summed E-state index contributed by atoms with van der Waals surface area (Å²) < 4.78 is 95.6. The van der Waals surface area contributed by atoms with Gasteiger partial charge in [0.1, 0.15) is 12.2 Å². The van der Waals surface area contributed by atoms with E-state index in [1.165, 1.54) is 15.4 Å². The first-order chi connectivity index (χ1) is 31.3. The number of para-hydroxylation sites is 1. The van der Waals surface area contributed by atoms with Gasteiger partial charge < -0.3 is 29.5 Å². The molecular formula is C48H51Cl2F6N5O5. The zero-order chi connectivity index (χ0) is 47.4. The molecule has 1 N–H and O–H groups in total. The van der Waals surface area contributed by atoms with Crippen molar-refractivity contribution in [1.29, 1.82) is 0 Å². The van der Waals surface area contributed by atoms with Gasteiger partial charge in [-0.1, -0.05) is 71.7 Å². The lowest BCUT2D eigenvalue weighted by molar-refractivity contribution is -0.143. The van der Waals surface area contributed by atoms with Gasteiger partial charge in [0.05, 0.1) is 40.4 Å². The summed E-state index contributed by atoms with van der Waals surface area (Å²) in [5, 5.41) is 3.36. The predicted octanol–water partition coefficient (Wildman–Crippen LogP) is 9.46. The highest BCUT2D eigenvalue weighted by Gasteiger charge is 2.50. The molecule has 0 radical (unpaired) electrons. The third kappa shape index (κ3) is 10.9. The first kappa shape index (κ1) is 49.0. The highest BCUT2D eigenvalue weighted by molar-refractivity contribution is 6.42. The van der Waals surface area contributed by atoms with Crippen LogP contribution in [0.3, 0.4) is 0 Å². The van der Waals surface area contributed by atoms with Crippen molar-refractivity contribution in [3.05, 3.63) is 134 Å². The van der Waals surface area contributed by atoms with Crippen LogP contribution < -0.4 is 10.2 Å². The summed E-state index contributed by atoms with van der Waals surface area (Å²) in [5.74, 6) is -1.17. The fraction of sp³-hybridized carbons (Fsp3) is 0.438. The number of urea groups is 1. The predicted molar refractivity (Wildman–Crippen MR) is 239 cm³/mol. The molecule has 0 bridgehead atoms. The van der Waals surface area contributed by atoms with Gasteiger partial charge >= 0.3 is 18.4 Å². The molecule has 66 heavy (non-hydrogen) atoms. The van der Waals surface area contributed by atoms with Crippen molar-refractivity contribution in [1.82, 2.24) is 20.0 Å². The number of rotatable bonds is 13. The topological polar surface area (TPSA) is 94.7 Å². The number of ether oxygens (including phenoxy) is 2. The molecule has 2 fully saturated rings. The van der Waals surface area contributed by atoms with Crippen LogP contribution in [-0.4, -0.2) is 112 Å². The molecule has 4 amide bonds. The average Bonchev–Trinajstić information content (AvgIpc) is 3.60. The van der Waals surface area contributed by atoms with Crippen LogP contribution in [0.4, 0.5) is 36.8 Å². The molecular weight excluding hydrogens is 911 g/mol. The molecule has 2 atom stereocenters. The van der Waals surface area contributed by atoms with Gasteiger partial charge in [0, 0.05) is 56.9 Å². The number of carbonyl (C=O) groups excluding carboxylic acids is 3. The molecule has 7 rings (SSSR count). The Morgan fingerprint density at radius 1 is 0.848 bits per heavy atom. The maximum Gasteiger partial charge on any atom is 0.416 e. The van der Waals surface area contributed by atoms with E-state index in [1.807, 2.05) is 42.5 Å². The van der Waals surface area contributed by atoms with Crippen molar-refractivity contribution in [3.8, 4) is 0 Å². The second-order valence-corrected chi connectivity index (χ2v) is 18.0. The molecule has 1 spiro atoms. The summed E-state index contributed by atoms with van der Waals surface area (Å²) >= 11 is 12.7. The Balaban J connectivity index is 0.999. The maximum atomic E-state index is 13.9. The maximum absolute atomic E-state index is 13.9. The van der Waals surface area contributed by atoms with E-state index in [0.717, 1.165) is 11.3 Å². The molecule has 0 saturated carbocycles. The zero-order valence-corrected chi connectivity index (χ0v) is 38.0. The molecule has 10 nitrogen and oxygen atoms in total. The fourth-order valence-corrected chi connectivity index (χ4v) is 9.65. The van der Waals surface area contributed by atoms with E-state index in [-0.39, 0.29) is 65.9 Å². The Labute approximate surface area is 389 Å². The summed E-state index contributed by atoms with van der Waals surface area (Å²) in [5.41, 5.74) is -1.84. The second-order valence-electron chi connectivity index (χ2n) is 17.2. The number of hydrogen-bond acceptors (Lipinski definition) is 6. The van der Waals surface area contributed by atoms with Crippen LogP contribution in [-0.2, 0) is 44.1 Å². The molecule has 4 aromatic carbocycles. The minimum absolute atomic E-state index is 0.00378. The number of piperidine rings is 1. The smallest absolute Gasteiger partial charge is 0.367 e. The average molecular weight is 963 g/mol. The Morgan fingerprint density at radius 2 is 1.52 bits per heavy atom. The Kier molecular flexibility index (Phi) is 15.0. The molecule has 0 aromatic heterocycles. The third-order valence-electron chi connectivity index (χ3n) is 13.1. The Hall–Kier alpha value is -4.87. The van der Waals surface area contributed by atoms with E-state index in [4.69, 9.17) is 32.7 Å². The van der Waals surface area contributed by atoms with Crippen molar-refractivity contribution >= 4 is 46.7 Å². The minimum Gasteiger partial charge on any atom is -0.367 e. The van der Waals surface area contributed by atoms with E-state index in [1.54, 1.807) is 37.2 Å². The summed E-state index contributed by atoms with van der Waals surface area (Å²) in [4.78, 5) is 46.5. The van der Waals surface area contributed by atoms with Gasteiger partial charge in [-0.2, -0.15) is 26.3 Å². The number of nitrogens with zero attached hydrogens (tertiary/aromatic N) is 4. The number of alkyl halides is 6. The lowest BCUT2D eigenvalue weighted by Crippen LogP contribution is -2.54. The van der Waals surface area contributed by atoms with Gasteiger partial charge in [0.25, 0.3) is 5.91 Å². The number of hydrogen-bond donors (Lipinski definition) is 1. The van der Waals surface area contributed by atoms with E-state index >= 15 is 0 Å². The molecule has 1 aliphatic carbocycles. The van der Waals surface area contributed by atoms with Gasteiger partial charge in [-0.25, -0.2) is 4.79 Å². The normalized spacial score (nSPS) is 19.7. The van der Waals surface area contributed by atoms with Gasteiger partial charge in [-0.05, 0) is 104 Å². The zero-order valence-electron chi connectivity index (χ0n) is 36.5. The molecule has 354 valence electrons. The summed E-state index contributed by atoms with van der Waals surface area (Å²) in [7, 11) is 3.41. The van der Waals surface area contributed by atoms with Gasteiger partial charge in [0.2, 0.25) is 5.91 Å². The van der Waals surface area contributed by atoms with E-state index in [9.17, 15) is 40.7 Å². The number of likely N-dealkylation sites (N-methyl/N-ethyl adjacent to an activating group) is 1. The van der Waals surface area contributed by atoms with E-state index in [2.05, 4.69) is 22.3 Å². The van der Waals surface area contributed by atoms with Crippen LogP contribution in [0.25, 0.3) is 0 Å². The summed E-state index contributed by atoms with van der Waals surface area (Å²) in [6.07, 6.45) is -7.61. The quantitative estimate of drug-likeness (QED) is 0.106. The largest absolute Gasteiger partial charge is 0.416 e. The highest BCUT2D eigenvalue weighted by atomic mass is 35.5. The van der Waals surface area contributed by atoms with Gasteiger partial charge in [0.15, 0.2) is 0 Å². The minimum atomic E-state index is -5.12. The second kappa shape index (κ2) is 20.2. The number of carbonyl (C=O) groups is 3. The van der Waals surface area contributed by atoms with Crippen LogP contribution in [0, 0.1) is 0 Å². The van der Waals surface area contributed by atoms with Crippen LogP contribution in [0.1, 0.15) is 63.9 Å². The SMILES string of the molecule is CN(CCCNC(=O)N(C)c1ccccc1)C(=O)CO[C@H]1Cc2ccccc2C12CCN(CC[C@@]1(c3ccc(Cl)c(Cl)c3)CN(C(=O)c3cc(C(F)(F)F)cc(C(F)(F)F)c3)CCO1)CC2. The molecule has 0 unspecified atom stereocenters. The molecule has 2 heterocycles. The number of amides is 4. The first-order valence-corrected chi connectivity index (χ1v) is 22.5. The standard InChI is InChI=1S/C48H51Cl2F6N5O5/c1-58(19-8-18-57-44(64)59(2)37-10-4-3-5-11-37)42(62)30-65-41-27-32-9-6-7-12-38(32)45(41)15-20-60(21-16-45)22-17-46(34-13-14-39(49)40(50)29-34)31-61(23-24-66-46)43(63)33-25-35(47(51,52)53)28-36(26-33)48(54,55)56/h3-7,9-14,25-26,28-29,41H,8,15-24,27,30-31H2,1-2H3,(H,57,64)/t41-,46-/m0/s1. The van der Waals surface area contributed by atoms with Gasteiger partial charge in [-0.3, -0.25) is 14.5 Å². The number of halogens is 8. The number of anilines is 1. The molecule has 2 aliphatic heterocycles. The van der Waals surface area contributed by atoms with Crippen molar-refractivity contribution < 1.29 is 50.2 Å². The third-order valence-corrected chi connectivity index (χ3v) is 13.9. The molecule has 4 aromatic rings. The number of morpholine rings is 1. The highest BCUT2D eigenvalue weighted by Crippen LogP contribution is 2.48. The number of likely N-dealkylation sites (tertiary alicyclic amines) is 1. The van der Waals surface area contributed by atoms with Crippen molar-refractivity contribution in [2.75, 3.05) is 78.0 Å². The van der Waals surface area contributed by atoms with Crippen LogP contribution in [0.2, 0.25) is 10.0 Å². The van der Waals surface area contributed by atoms with Crippen molar-refractivity contribution in [2.45, 2.75) is 61.6 Å².